The van der Waals surface area contributed by atoms with Crippen molar-refractivity contribution in [1.29, 1.82) is 0 Å². The molecule has 1 rings (SSSR count). The Morgan fingerprint density at radius 2 is 2.54 bits per heavy atom. The predicted octanol–water partition coefficient (Wildman–Crippen LogP) is 0.995. The van der Waals surface area contributed by atoms with Gasteiger partial charge in [0.2, 0.25) is 0 Å². The van der Waals surface area contributed by atoms with Crippen LogP contribution in [0.2, 0.25) is 0 Å². The zero-order valence-corrected chi connectivity index (χ0v) is 7.95. The van der Waals surface area contributed by atoms with Gasteiger partial charge in [0.1, 0.15) is 0 Å². The summed E-state index contributed by atoms with van der Waals surface area (Å²) < 4.78 is 5.13. The largest absolute Gasteiger partial charge is 0.349 e. The molecular formula is C10H15NO2. The molecule has 0 radical (unpaired) electrons. The smallest absolute Gasteiger partial charge is 0.193 e. The van der Waals surface area contributed by atoms with Gasteiger partial charge in [0.25, 0.3) is 0 Å². The second kappa shape index (κ2) is 5.60. The maximum Gasteiger partial charge on any atom is 0.193 e. The molecule has 0 aromatic carbocycles. The summed E-state index contributed by atoms with van der Waals surface area (Å²) in [5.41, 5.74) is 0. The van der Waals surface area contributed by atoms with Gasteiger partial charge in [-0.25, -0.2) is 0 Å². The fraction of sp³-hybridized carbons (Fsp3) is 0.700. The van der Waals surface area contributed by atoms with Crippen molar-refractivity contribution in [3.8, 4) is 12.0 Å². The Bertz CT molecular complexity index is 217. The Labute approximate surface area is 79.1 Å². The lowest BCUT2D eigenvalue weighted by Gasteiger charge is -2.11. The third-order valence-corrected chi connectivity index (χ3v) is 1.92. The predicted molar refractivity (Wildman–Crippen MR) is 49.8 cm³/mol. The van der Waals surface area contributed by atoms with Crippen LogP contribution in [0.5, 0.6) is 0 Å². The number of hydrogen-bond donors (Lipinski definition) is 0. The Morgan fingerprint density at radius 3 is 3.23 bits per heavy atom. The minimum atomic E-state index is -0.436. The SMILES string of the molecule is CCCCC#CN1CCOC1C=O. The molecule has 72 valence electrons. The summed E-state index contributed by atoms with van der Waals surface area (Å²) in [6, 6.07) is 2.94. The first-order chi connectivity index (χ1) is 6.38. The molecule has 3 heteroatoms. The molecule has 1 atom stereocenters. The van der Waals surface area contributed by atoms with Crippen molar-refractivity contribution in [3.05, 3.63) is 0 Å². The quantitative estimate of drug-likeness (QED) is 0.369. The highest BCUT2D eigenvalue weighted by Crippen LogP contribution is 2.05. The zero-order valence-electron chi connectivity index (χ0n) is 7.95. The van der Waals surface area contributed by atoms with Crippen molar-refractivity contribution in [3.63, 3.8) is 0 Å². The summed E-state index contributed by atoms with van der Waals surface area (Å²) >= 11 is 0. The van der Waals surface area contributed by atoms with Crippen molar-refractivity contribution in [2.24, 2.45) is 0 Å². The molecule has 13 heavy (non-hydrogen) atoms. The van der Waals surface area contributed by atoms with E-state index >= 15 is 0 Å². The maximum absolute atomic E-state index is 10.5. The molecule has 0 aliphatic carbocycles. The highest BCUT2D eigenvalue weighted by atomic mass is 16.5. The van der Waals surface area contributed by atoms with Crippen molar-refractivity contribution in [2.75, 3.05) is 13.2 Å². The van der Waals surface area contributed by atoms with Gasteiger partial charge in [-0.15, -0.1) is 0 Å². The zero-order chi connectivity index (χ0) is 9.52. The van der Waals surface area contributed by atoms with Crippen LogP contribution < -0.4 is 0 Å². The first kappa shape index (κ1) is 10.1. The molecule has 0 N–H and O–H groups in total. The van der Waals surface area contributed by atoms with Crippen LogP contribution in [0.25, 0.3) is 0 Å². The fourth-order valence-corrected chi connectivity index (χ4v) is 1.14. The van der Waals surface area contributed by atoms with Crippen LogP contribution >= 0.6 is 0 Å². The van der Waals surface area contributed by atoms with Crippen molar-refractivity contribution in [2.45, 2.75) is 32.4 Å². The monoisotopic (exact) mass is 181 g/mol. The summed E-state index contributed by atoms with van der Waals surface area (Å²) in [5, 5.41) is 0. The fourth-order valence-electron chi connectivity index (χ4n) is 1.14. The number of ether oxygens (including phenoxy) is 1. The van der Waals surface area contributed by atoms with Gasteiger partial charge in [-0.3, -0.25) is 9.69 Å². The molecule has 0 aromatic rings. The molecule has 1 fully saturated rings. The highest BCUT2D eigenvalue weighted by Gasteiger charge is 2.21. The van der Waals surface area contributed by atoms with Gasteiger partial charge in [0, 0.05) is 12.5 Å². The number of carbonyl (C=O) groups is 1. The molecule has 0 spiro atoms. The van der Waals surface area contributed by atoms with Crippen LogP contribution in [-0.2, 0) is 9.53 Å². The van der Waals surface area contributed by atoms with E-state index in [0.29, 0.717) is 6.61 Å². The number of unbranched alkanes of at least 4 members (excludes halogenated alkanes) is 2. The summed E-state index contributed by atoms with van der Waals surface area (Å²) in [5.74, 6) is 3.03. The Balaban J connectivity index is 2.32. The summed E-state index contributed by atoms with van der Waals surface area (Å²) in [6.45, 7) is 3.48. The van der Waals surface area contributed by atoms with E-state index in [1.807, 2.05) is 0 Å². The number of carbonyl (C=O) groups excluding carboxylic acids is 1. The van der Waals surface area contributed by atoms with E-state index in [-0.39, 0.29) is 0 Å². The highest BCUT2D eigenvalue weighted by molar-refractivity contribution is 5.56. The van der Waals surface area contributed by atoms with Crippen LogP contribution in [-0.4, -0.2) is 30.6 Å². The molecule has 0 bridgehead atoms. The van der Waals surface area contributed by atoms with E-state index in [0.717, 1.165) is 32.1 Å². The Hall–Kier alpha value is -1.01. The number of nitrogens with zero attached hydrogens (tertiary/aromatic N) is 1. The van der Waals surface area contributed by atoms with Gasteiger partial charge in [-0.1, -0.05) is 19.3 Å². The number of hydrogen-bond acceptors (Lipinski definition) is 3. The number of aldehydes is 1. The lowest BCUT2D eigenvalue weighted by molar-refractivity contribution is -0.119. The third kappa shape index (κ3) is 3.08. The van der Waals surface area contributed by atoms with Crippen LogP contribution in [0.3, 0.4) is 0 Å². The molecule has 1 saturated heterocycles. The first-order valence-electron chi connectivity index (χ1n) is 4.70. The molecule has 1 heterocycles. The first-order valence-corrected chi connectivity index (χ1v) is 4.70. The maximum atomic E-state index is 10.5. The van der Waals surface area contributed by atoms with Crippen LogP contribution in [0.1, 0.15) is 26.2 Å². The summed E-state index contributed by atoms with van der Waals surface area (Å²) in [7, 11) is 0. The lowest BCUT2D eigenvalue weighted by Crippen LogP contribution is -2.26. The molecule has 0 amide bonds. The standard InChI is InChI=1S/C10H15NO2/c1-2-3-4-5-6-11-7-8-13-10(11)9-12/h9-10H,2-4,7-8H2,1H3. The van der Waals surface area contributed by atoms with E-state index in [1.54, 1.807) is 4.90 Å². The second-order valence-electron chi connectivity index (χ2n) is 2.98. The summed E-state index contributed by atoms with van der Waals surface area (Å²) in [4.78, 5) is 12.2. The van der Waals surface area contributed by atoms with Crippen molar-refractivity contribution < 1.29 is 9.53 Å². The van der Waals surface area contributed by atoms with E-state index < -0.39 is 6.23 Å². The lowest BCUT2D eigenvalue weighted by atomic mass is 10.3. The minimum Gasteiger partial charge on any atom is -0.349 e. The average molecular weight is 181 g/mol. The van der Waals surface area contributed by atoms with E-state index in [4.69, 9.17) is 4.74 Å². The minimum absolute atomic E-state index is 0.436. The van der Waals surface area contributed by atoms with E-state index in [2.05, 4.69) is 18.9 Å². The molecule has 1 aliphatic heterocycles. The van der Waals surface area contributed by atoms with Gasteiger partial charge >= 0.3 is 0 Å². The Kier molecular flexibility index (Phi) is 4.34. The molecular weight excluding hydrogens is 166 g/mol. The van der Waals surface area contributed by atoms with E-state index in [1.165, 1.54) is 0 Å². The van der Waals surface area contributed by atoms with Gasteiger partial charge in [0.05, 0.1) is 13.2 Å². The van der Waals surface area contributed by atoms with Gasteiger partial charge < -0.3 is 4.74 Å². The number of rotatable bonds is 3. The summed E-state index contributed by atoms with van der Waals surface area (Å²) in [6.07, 6.45) is 3.53. The second-order valence-corrected chi connectivity index (χ2v) is 2.98. The van der Waals surface area contributed by atoms with Crippen LogP contribution in [0, 0.1) is 12.0 Å². The molecule has 1 unspecified atom stereocenters. The van der Waals surface area contributed by atoms with Crippen molar-refractivity contribution >= 4 is 6.29 Å². The van der Waals surface area contributed by atoms with Crippen molar-refractivity contribution in [1.82, 2.24) is 4.90 Å². The third-order valence-electron chi connectivity index (χ3n) is 1.92. The van der Waals surface area contributed by atoms with Gasteiger partial charge in [0.15, 0.2) is 12.5 Å². The van der Waals surface area contributed by atoms with Gasteiger partial charge in [-0.05, 0) is 6.42 Å². The topological polar surface area (TPSA) is 29.5 Å². The van der Waals surface area contributed by atoms with Crippen LogP contribution in [0.15, 0.2) is 0 Å². The van der Waals surface area contributed by atoms with Gasteiger partial charge in [-0.2, -0.15) is 0 Å². The average Bonchev–Trinajstić information content (AvgIpc) is 2.60. The van der Waals surface area contributed by atoms with E-state index in [9.17, 15) is 4.79 Å². The molecule has 3 nitrogen and oxygen atoms in total. The molecule has 0 saturated carbocycles. The molecule has 1 aliphatic rings. The van der Waals surface area contributed by atoms with Crippen LogP contribution in [0.4, 0.5) is 0 Å². The molecule has 0 aromatic heterocycles. The normalized spacial score (nSPS) is 21.0. The Morgan fingerprint density at radius 1 is 1.69 bits per heavy atom.